The average Bonchev–Trinajstić information content (AvgIpc) is 2.88. The standard InChI is InChI=1S/C16H21NO2/c1-2-10(15-13-7-9(18)8-14(13)15)11-5-3-4-6-12(11)16(17)19/h3-6,9-10,13-15,18H,2,7-8H2,1H3,(H2,17,19)/t9?,10-,13+,14+,15?/m1/s1. The molecule has 0 aromatic heterocycles. The quantitative estimate of drug-likeness (QED) is 0.871. The number of nitrogens with two attached hydrogens (primary N) is 1. The molecule has 3 rings (SSSR count). The fourth-order valence-corrected chi connectivity index (χ4v) is 4.20. The molecule has 3 N–H and O–H groups in total. The third kappa shape index (κ3) is 2.06. The number of hydrogen-bond donors (Lipinski definition) is 2. The second kappa shape index (κ2) is 4.64. The molecule has 0 heterocycles. The lowest BCUT2D eigenvalue weighted by Gasteiger charge is -2.20. The number of primary amides is 1. The molecular weight excluding hydrogens is 238 g/mol. The van der Waals surface area contributed by atoms with Gasteiger partial charge in [-0.15, -0.1) is 0 Å². The maximum atomic E-state index is 11.6. The normalized spacial score (nSPS) is 30.9. The number of rotatable bonds is 4. The van der Waals surface area contributed by atoms with Gasteiger partial charge in [-0.2, -0.15) is 0 Å². The van der Waals surface area contributed by atoms with Crippen LogP contribution in [0, 0.1) is 17.8 Å². The van der Waals surface area contributed by atoms with E-state index in [0.29, 0.717) is 29.2 Å². The Morgan fingerprint density at radius 1 is 1.37 bits per heavy atom. The molecule has 3 heteroatoms. The van der Waals surface area contributed by atoms with Crippen molar-refractivity contribution in [1.29, 1.82) is 0 Å². The van der Waals surface area contributed by atoms with Gasteiger partial charge in [-0.05, 0) is 54.6 Å². The van der Waals surface area contributed by atoms with Crippen molar-refractivity contribution in [2.75, 3.05) is 0 Å². The number of amides is 1. The molecule has 0 spiro atoms. The minimum atomic E-state index is -0.333. The third-order valence-corrected chi connectivity index (χ3v) is 5.02. The van der Waals surface area contributed by atoms with Gasteiger partial charge >= 0.3 is 0 Å². The van der Waals surface area contributed by atoms with Crippen LogP contribution in [0.15, 0.2) is 24.3 Å². The lowest BCUT2D eigenvalue weighted by Crippen LogP contribution is -2.18. The van der Waals surface area contributed by atoms with E-state index in [2.05, 4.69) is 6.92 Å². The summed E-state index contributed by atoms with van der Waals surface area (Å²) < 4.78 is 0. The van der Waals surface area contributed by atoms with Crippen LogP contribution in [0.3, 0.4) is 0 Å². The first kappa shape index (κ1) is 12.7. The van der Waals surface area contributed by atoms with E-state index in [9.17, 15) is 9.90 Å². The molecule has 102 valence electrons. The summed E-state index contributed by atoms with van der Waals surface area (Å²) in [6, 6.07) is 7.72. The summed E-state index contributed by atoms with van der Waals surface area (Å²) in [5, 5.41) is 9.64. The summed E-state index contributed by atoms with van der Waals surface area (Å²) >= 11 is 0. The molecule has 2 fully saturated rings. The van der Waals surface area contributed by atoms with E-state index in [4.69, 9.17) is 5.73 Å². The molecule has 0 unspecified atom stereocenters. The Bertz CT molecular complexity index is 487. The highest BCUT2D eigenvalue weighted by Crippen LogP contribution is 2.63. The van der Waals surface area contributed by atoms with Gasteiger partial charge in [0.1, 0.15) is 0 Å². The topological polar surface area (TPSA) is 63.3 Å². The van der Waals surface area contributed by atoms with Gasteiger partial charge in [0.25, 0.3) is 0 Å². The Kier molecular flexibility index (Phi) is 3.09. The van der Waals surface area contributed by atoms with E-state index in [1.165, 1.54) is 0 Å². The molecule has 1 aromatic rings. The van der Waals surface area contributed by atoms with Crippen molar-refractivity contribution in [1.82, 2.24) is 0 Å². The molecule has 19 heavy (non-hydrogen) atoms. The monoisotopic (exact) mass is 259 g/mol. The zero-order valence-corrected chi connectivity index (χ0v) is 11.3. The van der Waals surface area contributed by atoms with Crippen molar-refractivity contribution in [3.8, 4) is 0 Å². The van der Waals surface area contributed by atoms with E-state index in [-0.39, 0.29) is 12.0 Å². The van der Waals surface area contributed by atoms with Gasteiger partial charge in [0.2, 0.25) is 5.91 Å². The van der Waals surface area contributed by atoms with E-state index in [1.54, 1.807) is 0 Å². The van der Waals surface area contributed by atoms with Crippen LogP contribution < -0.4 is 5.73 Å². The molecule has 3 atom stereocenters. The van der Waals surface area contributed by atoms with Gasteiger partial charge in [-0.3, -0.25) is 4.79 Å². The number of hydrogen-bond acceptors (Lipinski definition) is 2. The number of benzene rings is 1. The highest BCUT2D eigenvalue weighted by Gasteiger charge is 2.58. The molecule has 1 amide bonds. The highest BCUT2D eigenvalue weighted by molar-refractivity contribution is 5.94. The lowest BCUT2D eigenvalue weighted by molar-refractivity contribution is 0.0998. The Labute approximate surface area is 113 Å². The summed E-state index contributed by atoms with van der Waals surface area (Å²) in [6.07, 6.45) is 2.79. The number of fused-ring (bicyclic) bond motifs is 1. The Morgan fingerprint density at radius 3 is 2.58 bits per heavy atom. The number of aliphatic hydroxyl groups is 1. The first-order valence-corrected chi connectivity index (χ1v) is 7.20. The smallest absolute Gasteiger partial charge is 0.248 e. The fraction of sp³-hybridized carbons (Fsp3) is 0.562. The third-order valence-electron chi connectivity index (χ3n) is 5.02. The maximum absolute atomic E-state index is 11.6. The van der Waals surface area contributed by atoms with Crippen molar-refractivity contribution < 1.29 is 9.90 Å². The summed E-state index contributed by atoms with van der Waals surface area (Å²) in [6.45, 7) is 2.17. The largest absolute Gasteiger partial charge is 0.393 e. The van der Waals surface area contributed by atoms with Crippen molar-refractivity contribution in [3.63, 3.8) is 0 Å². The number of aliphatic hydroxyl groups excluding tert-OH is 1. The van der Waals surface area contributed by atoms with Gasteiger partial charge in [-0.25, -0.2) is 0 Å². The molecule has 0 bridgehead atoms. The first-order valence-electron chi connectivity index (χ1n) is 7.20. The second-order valence-corrected chi connectivity index (χ2v) is 6.00. The molecule has 0 saturated heterocycles. The summed E-state index contributed by atoms with van der Waals surface area (Å²) in [7, 11) is 0. The molecule has 3 nitrogen and oxygen atoms in total. The predicted molar refractivity (Wildman–Crippen MR) is 73.7 cm³/mol. The second-order valence-electron chi connectivity index (χ2n) is 6.00. The highest BCUT2D eigenvalue weighted by atomic mass is 16.3. The van der Waals surface area contributed by atoms with Crippen LogP contribution in [0.4, 0.5) is 0 Å². The van der Waals surface area contributed by atoms with Gasteiger partial charge in [0.05, 0.1) is 6.10 Å². The fourth-order valence-electron chi connectivity index (χ4n) is 4.20. The summed E-state index contributed by atoms with van der Waals surface area (Å²) in [5.41, 5.74) is 7.26. The number of carbonyl (C=O) groups is 1. The Morgan fingerprint density at radius 2 is 2.00 bits per heavy atom. The van der Waals surface area contributed by atoms with E-state index < -0.39 is 0 Å². The first-order chi connectivity index (χ1) is 9.13. The van der Waals surface area contributed by atoms with Crippen LogP contribution in [-0.2, 0) is 0 Å². The van der Waals surface area contributed by atoms with Crippen LogP contribution in [0.25, 0.3) is 0 Å². The Balaban J connectivity index is 1.86. The van der Waals surface area contributed by atoms with E-state index in [0.717, 1.165) is 24.8 Å². The molecule has 2 aliphatic rings. The van der Waals surface area contributed by atoms with Crippen LogP contribution in [-0.4, -0.2) is 17.1 Å². The maximum Gasteiger partial charge on any atom is 0.248 e. The Hall–Kier alpha value is -1.35. The predicted octanol–water partition coefficient (Wildman–Crippen LogP) is 2.30. The van der Waals surface area contributed by atoms with Crippen molar-refractivity contribution >= 4 is 5.91 Å². The van der Waals surface area contributed by atoms with E-state index in [1.807, 2.05) is 24.3 Å². The van der Waals surface area contributed by atoms with Crippen LogP contribution in [0.5, 0.6) is 0 Å². The van der Waals surface area contributed by atoms with E-state index >= 15 is 0 Å². The van der Waals surface area contributed by atoms with Crippen LogP contribution >= 0.6 is 0 Å². The van der Waals surface area contributed by atoms with Crippen molar-refractivity contribution in [2.45, 2.75) is 38.2 Å². The zero-order chi connectivity index (χ0) is 13.6. The molecule has 2 saturated carbocycles. The van der Waals surface area contributed by atoms with Crippen molar-refractivity contribution in [3.05, 3.63) is 35.4 Å². The zero-order valence-electron chi connectivity index (χ0n) is 11.3. The molecule has 0 aliphatic heterocycles. The molecule has 1 aromatic carbocycles. The van der Waals surface area contributed by atoms with Crippen LogP contribution in [0.2, 0.25) is 0 Å². The molecular formula is C16H21NO2. The summed E-state index contributed by atoms with van der Waals surface area (Å²) in [5.74, 6) is 2.02. The summed E-state index contributed by atoms with van der Waals surface area (Å²) in [4.78, 5) is 11.6. The average molecular weight is 259 g/mol. The minimum absolute atomic E-state index is 0.102. The van der Waals surface area contributed by atoms with Crippen molar-refractivity contribution in [2.24, 2.45) is 23.5 Å². The van der Waals surface area contributed by atoms with Gasteiger partial charge in [0, 0.05) is 5.56 Å². The van der Waals surface area contributed by atoms with Gasteiger partial charge in [0.15, 0.2) is 0 Å². The SMILES string of the molecule is CC[C@H](c1ccccc1C(N)=O)C1[C@H]2CC(O)C[C@H]12. The number of carbonyl (C=O) groups excluding carboxylic acids is 1. The van der Waals surface area contributed by atoms with Gasteiger partial charge < -0.3 is 10.8 Å². The molecule has 0 radical (unpaired) electrons. The van der Waals surface area contributed by atoms with Gasteiger partial charge in [-0.1, -0.05) is 25.1 Å². The van der Waals surface area contributed by atoms with Crippen LogP contribution in [0.1, 0.15) is 48.0 Å². The minimum Gasteiger partial charge on any atom is -0.393 e. The molecule has 2 aliphatic carbocycles. The lowest BCUT2D eigenvalue weighted by atomic mass is 9.84.